The van der Waals surface area contributed by atoms with Crippen LogP contribution in [0.25, 0.3) is 0 Å². The average molecular weight is 678 g/mol. The lowest BCUT2D eigenvalue weighted by Crippen LogP contribution is -2.37. The molecule has 4 amide bonds. The van der Waals surface area contributed by atoms with Crippen LogP contribution < -0.4 is 16.0 Å². The minimum atomic E-state index is -0.493. The molecule has 13 nitrogen and oxygen atoms in total. The molecule has 1 aromatic carbocycles. The van der Waals surface area contributed by atoms with Gasteiger partial charge in [0.05, 0.1) is 12.1 Å². The molecule has 5 rings (SSSR count). The SMILES string of the molecule is CC(C)C[C@@H]1NC(=O)CCCN(C(=O)Cn2cnnc2)CCCNC(=O)c2csc(n2)[C@H](Cc2ccccc2)NC(=O)c2csc1n2. The molecule has 15 heteroatoms. The molecule has 3 aromatic heterocycles. The standard InChI is InChI=1S/C32H39N9O4S2/c1-21(2)14-23-31-39-26(18-47-31)30(45)37-24(15-22-8-4-3-5-9-22)32-38-25(17-46-32)29(44)33-11-7-13-41(12-6-10-27(42)36-23)28(43)16-40-19-34-35-20-40/h3-5,8-9,17-21,23-24H,6-7,10-16H2,1-2H3,(H,33,44)(H,36,42)(H,37,45)/t23-,24-/m0/s1. The Morgan fingerprint density at radius 3 is 2.26 bits per heavy atom. The molecule has 0 saturated heterocycles. The Morgan fingerprint density at radius 2 is 1.55 bits per heavy atom. The van der Waals surface area contributed by atoms with Gasteiger partial charge < -0.3 is 25.4 Å². The quantitative estimate of drug-likeness (QED) is 0.279. The molecule has 0 radical (unpaired) electrons. The van der Waals surface area contributed by atoms with Gasteiger partial charge in [-0.05, 0) is 37.2 Å². The largest absolute Gasteiger partial charge is 0.351 e. The van der Waals surface area contributed by atoms with Crippen molar-refractivity contribution in [3.05, 3.63) is 80.7 Å². The highest BCUT2D eigenvalue weighted by atomic mass is 32.1. The Kier molecular flexibility index (Phi) is 11.8. The Labute approximate surface area is 281 Å². The van der Waals surface area contributed by atoms with Gasteiger partial charge in [-0.3, -0.25) is 19.2 Å². The fourth-order valence-electron chi connectivity index (χ4n) is 5.26. The van der Waals surface area contributed by atoms with Crippen molar-refractivity contribution in [3.63, 3.8) is 0 Å². The fraction of sp³-hybridized carbons (Fsp3) is 0.438. The number of rotatable bonds is 6. The first kappa shape index (κ1) is 33.9. The van der Waals surface area contributed by atoms with Gasteiger partial charge in [0.15, 0.2) is 0 Å². The van der Waals surface area contributed by atoms with Gasteiger partial charge in [-0.15, -0.1) is 32.9 Å². The second kappa shape index (κ2) is 16.4. The number of benzene rings is 1. The smallest absolute Gasteiger partial charge is 0.271 e. The molecule has 4 heterocycles. The van der Waals surface area contributed by atoms with E-state index in [1.165, 1.54) is 35.3 Å². The zero-order chi connectivity index (χ0) is 33.2. The van der Waals surface area contributed by atoms with Crippen molar-refractivity contribution < 1.29 is 19.2 Å². The Bertz CT molecular complexity index is 1640. The van der Waals surface area contributed by atoms with E-state index in [4.69, 9.17) is 0 Å². The van der Waals surface area contributed by atoms with E-state index in [1.807, 2.05) is 30.3 Å². The summed E-state index contributed by atoms with van der Waals surface area (Å²) in [6.45, 7) is 5.32. The Balaban J connectivity index is 1.39. The van der Waals surface area contributed by atoms with Crippen molar-refractivity contribution in [3.8, 4) is 0 Å². The molecule has 1 aliphatic heterocycles. The van der Waals surface area contributed by atoms with Crippen LogP contribution in [0.2, 0.25) is 0 Å². The summed E-state index contributed by atoms with van der Waals surface area (Å²) in [6, 6.07) is 8.91. The molecule has 4 aromatic rings. The molecule has 3 N–H and O–H groups in total. The van der Waals surface area contributed by atoms with E-state index >= 15 is 0 Å². The summed E-state index contributed by atoms with van der Waals surface area (Å²) < 4.78 is 1.60. The lowest BCUT2D eigenvalue weighted by molar-refractivity contribution is -0.132. The first-order valence-corrected chi connectivity index (χ1v) is 17.4. The van der Waals surface area contributed by atoms with Crippen LogP contribution in [0, 0.1) is 5.92 Å². The van der Waals surface area contributed by atoms with E-state index in [-0.39, 0.29) is 59.9 Å². The van der Waals surface area contributed by atoms with Gasteiger partial charge >= 0.3 is 0 Å². The molecule has 0 fully saturated rings. The van der Waals surface area contributed by atoms with Crippen LogP contribution in [0.5, 0.6) is 0 Å². The van der Waals surface area contributed by atoms with Crippen molar-refractivity contribution in [1.82, 2.24) is 45.6 Å². The summed E-state index contributed by atoms with van der Waals surface area (Å²) in [4.78, 5) is 63.8. The highest BCUT2D eigenvalue weighted by Crippen LogP contribution is 2.27. The van der Waals surface area contributed by atoms with E-state index < -0.39 is 6.04 Å². The molecule has 248 valence electrons. The first-order valence-electron chi connectivity index (χ1n) is 15.7. The number of hydrogen-bond acceptors (Lipinski definition) is 10. The van der Waals surface area contributed by atoms with Gasteiger partial charge in [0.25, 0.3) is 11.8 Å². The molecule has 0 aliphatic carbocycles. The summed E-state index contributed by atoms with van der Waals surface area (Å²) >= 11 is 2.64. The average Bonchev–Trinajstić information content (AvgIpc) is 3.84. The summed E-state index contributed by atoms with van der Waals surface area (Å²) in [5.74, 6) is -0.696. The van der Waals surface area contributed by atoms with Gasteiger partial charge in [-0.1, -0.05) is 44.2 Å². The summed E-state index contributed by atoms with van der Waals surface area (Å²) in [5, 5.41) is 21.3. The molecular formula is C32H39N9O4S2. The Morgan fingerprint density at radius 1 is 0.894 bits per heavy atom. The van der Waals surface area contributed by atoms with Crippen molar-refractivity contribution in [2.75, 3.05) is 19.6 Å². The zero-order valence-corrected chi connectivity index (χ0v) is 28.1. The fourth-order valence-corrected chi connectivity index (χ4v) is 6.97. The predicted octanol–water partition coefficient (Wildman–Crippen LogP) is 3.55. The van der Waals surface area contributed by atoms with Gasteiger partial charge in [0, 0.05) is 36.8 Å². The lowest BCUT2D eigenvalue weighted by Gasteiger charge is -2.23. The van der Waals surface area contributed by atoms with Crippen molar-refractivity contribution in [1.29, 1.82) is 0 Å². The second-order valence-corrected chi connectivity index (χ2v) is 13.6. The number of fused-ring (bicyclic) bond motifs is 4. The summed E-state index contributed by atoms with van der Waals surface area (Å²) in [5.41, 5.74) is 1.53. The number of thiazole rings is 2. The van der Waals surface area contributed by atoms with E-state index in [0.29, 0.717) is 55.3 Å². The maximum absolute atomic E-state index is 13.5. The number of amides is 4. The van der Waals surface area contributed by atoms with Gasteiger partial charge in [-0.25, -0.2) is 9.97 Å². The van der Waals surface area contributed by atoms with E-state index in [2.05, 4.69) is 50.0 Å². The third-order valence-corrected chi connectivity index (χ3v) is 9.51. The minimum Gasteiger partial charge on any atom is -0.351 e. The highest BCUT2D eigenvalue weighted by molar-refractivity contribution is 7.10. The van der Waals surface area contributed by atoms with Crippen molar-refractivity contribution in [2.24, 2.45) is 5.92 Å². The maximum atomic E-state index is 13.5. The molecule has 4 bridgehead atoms. The van der Waals surface area contributed by atoms with Crippen LogP contribution in [0.3, 0.4) is 0 Å². The Hall–Kier alpha value is -4.50. The third-order valence-electron chi connectivity index (χ3n) is 7.60. The number of carbonyl (C=O) groups is 4. The van der Waals surface area contributed by atoms with Crippen LogP contribution in [0.15, 0.2) is 53.7 Å². The van der Waals surface area contributed by atoms with E-state index in [0.717, 1.165) is 5.56 Å². The first-order chi connectivity index (χ1) is 22.7. The molecular weight excluding hydrogens is 639 g/mol. The number of aromatic nitrogens is 5. The van der Waals surface area contributed by atoms with Crippen molar-refractivity contribution >= 4 is 46.3 Å². The third kappa shape index (κ3) is 9.75. The molecule has 47 heavy (non-hydrogen) atoms. The van der Waals surface area contributed by atoms with Gasteiger partial charge in [0.2, 0.25) is 11.8 Å². The maximum Gasteiger partial charge on any atom is 0.271 e. The number of nitrogens with one attached hydrogen (secondary N) is 3. The van der Waals surface area contributed by atoms with Crippen molar-refractivity contribution in [2.45, 2.75) is 64.6 Å². The topological polar surface area (TPSA) is 164 Å². The molecule has 0 spiro atoms. The van der Waals surface area contributed by atoms with Gasteiger partial charge in [0.1, 0.15) is 40.6 Å². The van der Waals surface area contributed by atoms with Crippen LogP contribution in [0.1, 0.15) is 88.2 Å². The number of hydrogen-bond donors (Lipinski definition) is 3. The summed E-state index contributed by atoms with van der Waals surface area (Å²) in [7, 11) is 0. The predicted molar refractivity (Wildman–Crippen MR) is 178 cm³/mol. The summed E-state index contributed by atoms with van der Waals surface area (Å²) in [6.07, 6.45) is 5.28. The minimum absolute atomic E-state index is 0.0763. The van der Waals surface area contributed by atoms with E-state index in [1.54, 1.807) is 20.2 Å². The van der Waals surface area contributed by atoms with Crippen LogP contribution in [-0.2, 0) is 22.6 Å². The molecule has 2 atom stereocenters. The number of carbonyl (C=O) groups excluding carboxylic acids is 4. The van der Waals surface area contributed by atoms with Crippen LogP contribution >= 0.6 is 22.7 Å². The van der Waals surface area contributed by atoms with Crippen LogP contribution in [0.4, 0.5) is 0 Å². The van der Waals surface area contributed by atoms with E-state index in [9.17, 15) is 19.2 Å². The lowest BCUT2D eigenvalue weighted by atomic mass is 10.0. The normalized spacial score (nSPS) is 18.6. The monoisotopic (exact) mass is 677 g/mol. The zero-order valence-electron chi connectivity index (χ0n) is 26.4. The van der Waals surface area contributed by atoms with Crippen LogP contribution in [-0.4, -0.2) is 72.9 Å². The molecule has 1 aliphatic rings. The number of nitrogens with zero attached hydrogens (tertiary/aromatic N) is 6. The molecule has 0 saturated carbocycles. The van der Waals surface area contributed by atoms with Gasteiger partial charge in [-0.2, -0.15) is 0 Å². The molecule has 0 unspecified atom stereocenters. The highest BCUT2D eigenvalue weighted by Gasteiger charge is 2.25. The second-order valence-electron chi connectivity index (χ2n) is 11.8.